The number of rotatable bonds is 4. The van der Waals surface area contributed by atoms with Crippen LogP contribution < -0.4 is 10.8 Å². The predicted octanol–water partition coefficient (Wildman–Crippen LogP) is 2.95. The molecule has 0 unspecified atom stereocenters. The first-order chi connectivity index (χ1) is 11.2. The molecule has 5 nitrogen and oxygen atoms in total. The van der Waals surface area contributed by atoms with Gasteiger partial charge in [0.15, 0.2) is 0 Å². The average molecular weight is 326 g/mol. The third-order valence-corrected chi connectivity index (χ3v) is 4.56. The minimum Gasteiger partial charge on any atom is -0.347 e. The molecule has 3 aromatic rings. The van der Waals surface area contributed by atoms with Crippen molar-refractivity contribution in [3.05, 3.63) is 69.9 Å². The second-order valence-corrected chi connectivity index (χ2v) is 6.01. The van der Waals surface area contributed by atoms with Crippen LogP contribution in [0, 0.1) is 0 Å². The molecule has 0 spiro atoms. The zero-order valence-corrected chi connectivity index (χ0v) is 12.9. The first kappa shape index (κ1) is 15.2. The van der Waals surface area contributed by atoms with E-state index in [0.717, 1.165) is 27.7 Å². The standard InChI is InChI=1S/C17H14N2O3S/c20-16(14-8-9-15(23-14)17(21)19-22)18-10-12-6-3-5-11-4-1-2-7-13(11)12/h1-9,22H,10H2,(H,18,20)(H,19,21). The van der Waals surface area contributed by atoms with Crippen LogP contribution in [0.25, 0.3) is 10.8 Å². The lowest BCUT2D eigenvalue weighted by atomic mass is 10.0. The summed E-state index contributed by atoms with van der Waals surface area (Å²) in [4.78, 5) is 24.2. The molecule has 23 heavy (non-hydrogen) atoms. The van der Waals surface area contributed by atoms with Crippen LogP contribution in [0.15, 0.2) is 54.6 Å². The minimum absolute atomic E-state index is 0.250. The van der Waals surface area contributed by atoms with Crippen LogP contribution in [0.1, 0.15) is 24.9 Å². The Balaban J connectivity index is 1.73. The monoisotopic (exact) mass is 326 g/mol. The lowest BCUT2D eigenvalue weighted by Crippen LogP contribution is -2.22. The molecule has 0 aliphatic carbocycles. The predicted molar refractivity (Wildman–Crippen MR) is 88.7 cm³/mol. The number of carbonyl (C=O) groups excluding carboxylic acids is 2. The van der Waals surface area contributed by atoms with Gasteiger partial charge in [-0.15, -0.1) is 11.3 Å². The summed E-state index contributed by atoms with van der Waals surface area (Å²) in [5, 5.41) is 13.7. The molecule has 0 atom stereocenters. The van der Waals surface area contributed by atoms with Crippen molar-refractivity contribution in [2.24, 2.45) is 0 Å². The summed E-state index contributed by atoms with van der Waals surface area (Å²) in [6.45, 7) is 0.402. The molecule has 2 amide bonds. The number of thiophene rings is 1. The van der Waals surface area contributed by atoms with Crippen molar-refractivity contribution in [1.82, 2.24) is 10.8 Å². The van der Waals surface area contributed by atoms with E-state index in [1.165, 1.54) is 6.07 Å². The topological polar surface area (TPSA) is 78.4 Å². The Bertz CT molecular complexity index is 868. The van der Waals surface area contributed by atoms with Crippen LogP contribution in [0.3, 0.4) is 0 Å². The molecule has 0 saturated carbocycles. The third kappa shape index (κ3) is 3.23. The summed E-state index contributed by atoms with van der Waals surface area (Å²) in [5.41, 5.74) is 2.58. The molecule has 3 N–H and O–H groups in total. The molecule has 116 valence electrons. The highest BCUT2D eigenvalue weighted by Crippen LogP contribution is 2.19. The third-order valence-electron chi connectivity index (χ3n) is 3.47. The number of benzene rings is 2. The molecule has 0 bridgehead atoms. The maximum absolute atomic E-state index is 12.2. The van der Waals surface area contributed by atoms with Crippen LogP contribution in [0.4, 0.5) is 0 Å². The second kappa shape index (κ2) is 6.60. The van der Waals surface area contributed by atoms with Gasteiger partial charge in [-0.2, -0.15) is 0 Å². The van der Waals surface area contributed by atoms with Gasteiger partial charge in [0, 0.05) is 6.54 Å². The van der Waals surface area contributed by atoms with E-state index >= 15 is 0 Å². The molecule has 0 aliphatic heterocycles. The Labute approximate surface area is 136 Å². The number of hydroxylamine groups is 1. The Morgan fingerprint density at radius 2 is 1.61 bits per heavy atom. The molecule has 1 heterocycles. The van der Waals surface area contributed by atoms with Crippen LogP contribution in [0.2, 0.25) is 0 Å². The number of hydrogen-bond donors (Lipinski definition) is 3. The number of nitrogens with one attached hydrogen (secondary N) is 2. The quantitative estimate of drug-likeness (QED) is 0.509. The van der Waals surface area contributed by atoms with Crippen LogP contribution in [0.5, 0.6) is 0 Å². The first-order valence-corrected chi connectivity index (χ1v) is 7.80. The van der Waals surface area contributed by atoms with Gasteiger partial charge < -0.3 is 5.32 Å². The van der Waals surface area contributed by atoms with Gasteiger partial charge in [-0.25, -0.2) is 5.48 Å². The normalized spacial score (nSPS) is 10.5. The van der Waals surface area contributed by atoms with Crippen molar-refractivity contribution in [3.8, 4) is 0 Å². The SMILES string of the molecule is O=C(NO)c1ccc(C(=O)NCc2cccc3ccccc23)s1. The molecule has 2 aromatic carbocycles. The molecule has 6 heteroatoms. The minimum atomic E-state index is -0.622. The van der Waals surface area contributed by atoms with E-state index < -0.39 is 5.91 Å². The zero-order valence-electron chi connectivity index (χ0n) is 12.1. The molecule has 0 radical (unpaired) electrons. The van der Waals surface area contributed by atoms with E-state index in [1.54, 1.807) is 11.5 Å². The highest BCUT2D eigenvalue weighted by atomic mass is 32.1. The molecule has 0 saturated heterocycles. The van der Waals surface area contributed by atoms with Crippen molar-refractivity contribution in [1.29, 1.82) is 0 Å². The highest BCUT2D eigenvalue weighted by Gasteiger charge is 2.13. The molecule has 0 aliphatic rings. The van der Waals surface area contributed by atoms with Crippen molar-refractivity contribution >= 4 is 33.9 Å². The lowest BCUT2D eigenvalue weighted by molar-refractivity contribution is 0.0711. The molecular weight excluding hydrogens is 312 g/mol. The van der Waals surface area contributed by atoms with Crippen molar-refractivity contribution < 1.29 is 14.8 Å². The van der Waals surface area contributed by atoms with Gasteiger partial charge in [0.2, 0.25) is 0 Å². The Hall–Kier alpha value is -2.70. The summed E-state index contributed by atoms with van der Waals surface area (Å²) in [6, 6.07) is 17.0. The van der Waals surface area contributed by atoms with Crippen LogP contribution in [-0.4, -0.2) is 17.0 Å². The van der Waals surface area contributed by atoms with E-state index in [2.05, 4.69) is 5.32 Å². The summed E-state index contributed by atoms with van der Waals surface area (Å²) in [6.07, 6.45) is 0. The fraction of sp³-hybridized carbons (Fsp3) is 0.0588. The van der Waals surface area contributed by atoms with Gasteiger partial charge in [-0.3, -0.25) is 14.8 Å². The smallest absolute Gasteiger partial charge is 0.284 e. The maximum atomic E-state index is 12.2. The van der Waals surface area contributed by atoms with Gasteiger partial charge in [0.05, 0.1) is 9.75 Å². The average Bonchev–Trinajstić information content (AvgIpc) is 3.09. The van der Waals surface area contributed by atoms with E-state index in [9.17, 15) is 9.59 Å². The van der Waals surface area contributed by atoms with E-state index in [0.29, 0.717) is 11.4 Å². The maximum Gasteiger partial charge on any atom is 0.284 e. The molecule has 3 rings (SSSR count). The Morgan fingerprint density at radius 1 is 0.913 bits per heavy atom. The first-order valence-electron chi connectivity index (χ1n) is 6.98. The van der Waals surface area contributed by atoms with Gasteiger partial charge in [0.25, 0.3) is 11.8 Å². The fourth-order valence-corrected chi connectivity index (χ4v) is 3.16. The molecular formula is C17H14N2O3S. The largest absolute Gasteiger partial charge is 0.347 e. The van der Waals surface area contributed by atoms with Gasteiger partial charge >= 0.3 is 0 Å². The molecule has 0 fully saturated rings. The van der Waals surface area contributed by atoms with Crippen molar-refractivity contribution in [3.63, 3.8) is 0 Å². The zero-order chi connectivity index (χ0) is 16.2. The van der Waals surface area contributed by atoms with Crippen molar-refractivity contribution in [2.45, 2.75) is 6.54 Å². The number of hydrogen-bond acceptors (Lipinski definition) is 4. The van der Waals surface area contributed by atoms with E-state index in [-0.39, 0.29) is 10.8 Å². The van der Waals surface area contributed by atoms with Crippen molar-refractivity contribution in [2.75, 3.05) is 0 Å². The Kier molecular flexibility index (Phi) is 4.36. The Morgan fingerprint density at radius 3 is 2.39 bits per heavy atom. The number of carbonyl (C=O) groups is 2. The van der Waals surface area contributed by atoms with Crippen LogP contribution >= 0.6 is 11.3 Å². The fourth-order valence-electron chi connectivity index (χ4n) is 2.35. The van der Waals surface area contributed by atoms with E-state index in [1.807, 2.05) is 42.5 Å². The summed E-state index contributed by atoms with van der Waals surface area (Å²) in [7, 11) is 0. The highest BCUT2D eigenvalue weighted by molar-refractivity contribution is 7.15. The number of amides is 2. The van der Waals surface area contributed by atoms with E-state index in [4.69, 9.17) is 5.21 Å². The van der Waals surface area contributed by atoms with Gasteiger partial charge in [-0.1, -0.05) is 42.5 Å². The number of fused-ring (bicyclic) bond motifs is 1. The van der Waals surface area contributed by atoms with Gasteiger partial charge in [-0.05, 0) is 28.5 Å². The second-order valence-electron chi connectivity index (χ2n) is 4.93. The molecule has 1 aromatic heterocycles. The summed E-state index contributed by atoms with van der Waals surface area (Å²) in [5.74, 6) is -0.872. The van der Waals surface area contributed by atoms with Crippen LogP contribution in [-0.2, 0) is 6.54 Å². The summed E-state index contributed by atoms with van der Waals surface area (Å²) < 4.78 is 0. The lowest BCUT2D eigenvalue weighted by Gasteiger charge is -2.07. The summed E-state index contributed by atoms with van der Waals surface area (Å²) >= 11 is 1.03. The van der Waals surface area contributed by atoms with Gasteiger partial charge in [0.1, 0.15) is 0 Å².